The monoisotopic (exact) mass is 333 g/mol. The highest BCUT2D eigenvalue weighted by Gasteiger charge is 2.14. The molecule has 0 bridgehead atoms. The first-order valence-corrected chi connectivity index (χ1v) is 7.26. The predicted molar refractivity (Wildman–Crippen MR) is 81.0 cm³/mol. The van der Waals surface area contributed by atoms with Crippen LogP contribution in [0, 0.1) is 0 Å². The number of unbranched alkanes of at least 4 members (excludes halogenated alkanes) is 1. The van der Waals surface area contributed by atoms with Gasteiger partial charge in [-0.05, 0) is 38.0 Å². The Bertz CT molecular complexity index is 487. The fourth-order valence-electron chi connectivity index (χ4n) is 1.61. The van der Waals surface area contributed by atoms with Crippen LogP contribution in [0.5, 0.6) is 5.75 Å². The first kappa shape index (κ1) is 17.6. The van der Waals surface area contributed by atoms with Crippen LogP contribution < -0.4 is 10.1 Å². The highest BCUT2D eigenvalue weighted by atomic mass is 35.5. The van der Waals surface area contributed by atoms with Gasteiger partial charge in [0, 0.05) is 23.0 Å². The summed E-state index contributed by atoms with van der Waals surface area (Å²) < 4.78 is 5.46. The largest absolute Gasteiger partial charge is 0.481 e. The number of nitrogens with one attached hydrogen (secondary N) is 1. The smallest absolute Gasteiger partial charge is 0.303 e. The van der Waals surface area contributed by atoms with Crippen molar-refractivity contribution in [2.45, 2.75) is 32.3 Å². The van der Waals surface area contributed by atoms with Gasteiger partial charge in [0.15, 0.2) is 6.10 Å². The van der Waals surface area contributed by atoms with Crippen LogP contribution in [-0.2, 0) is 9.59 Å². The number of amides is 1. The number of aliphatic carboxylic acids is 1. The third kappa shape index (κ3) is 7.20. The summed E-state index contributed by atoms with van der Waals surface area (Å²) in [5, 5.41) is 12.0. The lowest BCUT2D eigenvalue weighted by molar-refractivity contribution is -0.137. The summed E-state index contributed by atoms with van der Waals surface area (Å²) in [6, 6.07) is 4.72. The van der Waals surface area contributed by atoms with Crippen LogP contribution >= 0.6 is 23.2 Å². The summed E-state index contributed by atoms with van der Waals surface area (Å²) in [5.74, 6) is -0.696. The maximum Gasteiger partial charge on any atom is 0.303 e. The molecule has 116 valence electrons. The SMILES string of the molecule is CC(Oc1cc(Cl)cc(Cl)c1)C(=O)NCCCCC(=O)O. The molecule has 0 aliphatic rings. The molecule has 0 heterocycles. The lowest BCUT2D eigenvalue weighted by atomic mass is 10.2. The molecule has 0 saturated heterocycles. The molecule has 0 fully saturated rings. The Kier molecular flexibility index (Phi) is 7.32. The van der Waals surface area contributed by atoms with E-state index in [1.165, 1.54) is 0 Å². The molecule has 0 saturated carbocycles. The minimum Gasteiger partial charge on any atom is -0.481 e. The second kappa shape index (κ2) is 8.74. The average molecular weight is 334 g/mol. The fraction of sp³-hybridized carbons (Fsp3) is 0.429. The molecule has 0 aliphatic carbocycles. The van der Waals surface area contributed by atoms with Gasteiger partial charge >= 0.3 is 5.97 Å². The molecule has 7 heteroatoms. The number of rotatable bonds is 8. The van der Waals surface area contributed by atoms with Crippen molar-refractivity contribution in [3.63, 3.8) is 0 Å². The number of hydrogen-bond donors (Lipinski definition) is 2. The quantitative estimate of drug-likeness (QED) is 0.716. The van der Waals surface area contributed by atoms with Crippen molar-refractivity contribution in [1.29, 1.82) is 0 Å². The third-order valence-corrected chi connectivity index (χ3v) is 3.07. The Labute approximate surface area is 133 Å². The number of carbonyl (C=O) groups is 2. The molecule has 1 atom stereocenters. The van der Waals surface area contributed by atoms with Crippen molar-refractivity contribution >= 4 is 35.1 Å². The van der Waals surface area contributed by atoms with Crippen molar-refractivity contribution in [3.8, 4) is 5.75 Å². The van der Waals surface area contributed by atoms with Crippen LogP contribution in [0.15, 0.2) is 18.2 Å². The number of hydrogen-bond acceptors (Lipinski definition) is 3. The van der Waals surface area contributed by atoms with Gasteiger partial charge in [-0.3, -0.25) is 9.59 Å². The Hall–Kier alpha value is -1.46. The average Bonchev–Trinajstić information content (AvgIpc) is 2.36. The summed E-state index contributed by atoms with van der Waals surface area (Å²) in [6.07, 6.45) is 0.532. The van der Waals surface area contributed by atoms with E-state index in [1.807, 2.05) is 0 Å². The lowest BCUT2D eigenvalue weighted by Crippen LogP contribution is -2.36. The second-order valence-electron chi connectivity index (χ2n) is 4.51. The van der Waals surface area contributed by atoms with Gasteiger partial charge in [-0.1, -0.05) is 23.2 Å². The van der Waals surface area contributed by atoms with Crippen molar-refractivity contribution in [2.24, 2.45) is 0 Å². The number of halogens is 2. The molecule has 0 spiro atoms. The number of carboxylic acid groups (broad SMARTS) is 1. The van der Waals surface area contributed by atoms with Crippen LogP contribution in [0.25, 0.3) is 0 Å². The molecule has 0 aromatic heterocycles. The van der Waals surface area contributed by atoms with E-state index >= 15 is 0 Å². The van der Waals surface area contributed by atoms with E-state index in [9.17, 15) is 9.59 Å². The number of ether oxygens (including phenoxy) is 1. The van der Waals surface area contributed by atoms with E-state index in [2.05, 4.69) is 5.32 Å². The minimum atomic E-state index is -0.837. The molecular weight excluding hydrogens is 317 g/mol. The highest BCUT2D eigenvalue weighted by Crippen LogP contribution is 2.24. The molecule has 5 nitrogen and oxygen atoms in total. The summed E-state index contributed by atoms with van der Waals surface area (Å²) in [4.78, 5) is 22.1. The van der Waals surface area contributed by atoms with Crippen LogP contribution in [-0.4, -0.2) is 29.6 Å². The van der Waals surface area contributed by atoms with Gasteiger partial charge in [-0.25, -0.2) is 0 Å². The van der Waals surface area contributed by atoms with Crippen LogP contribution in [0.2, 0.25) is 10.0 Å². The Balaban J connectivity index is 2.35. The molecule has 1 aromatic rings. The molecule has 1 aromatic carbocycles. The zero-order valence-corrected chi connectivity index (χ0v) is 13.1. The fourth-order valence-corrected chi connectivity index (χ4v) is 2.12. The topological polar surface area (TPSA) is 75.6 Å². The van der Waals surface area contributed by atoms with E-state index in [4.69, 9.17) is 33.0 Å². The Morgan fingerprint density at radius 3 is 2.43 bits per heavy atom. The first-order valence-electron chi connectivity index (χ1n) is 6.50. The van der Waals surface area contributed by atoms with Gasteiger partial charge in [0.25, 0.3) is 5.91 Å². The molecule has 0 radical (unpaired) electrons. The number of carboxylic acids is 1. The highest BCUT2D eigenvalue weighted by molar-refractivity contribution is 6.34. The van der Waals surface area contributed by atoms with Gasteiger partial charge in [0.1, 0.15) is 5.75 Å². The summed E-state index contributed by atoms with van der Waals surface area (Å²) >= 11 is 11.7. The lowest BCUT2D eigenvalue weighted by Gasteiger charge is -2.15. The van der Waals surface area contributed by atoms with Gasteiger partial charge in [-0.15, -0.1) is 0 Å². The van der Waals surface area contributed by atoms with Crippen LogP contribution in [0.4, 0.5) is 0 Å². The Morgan fingerprint density at radius 1 is 1.24 bits per heavy atom. The van der Waals surface area contributed by atoms with E-state index < -0.39 is 12.1 Å². The van der Waals surface area contributed by atoms with Crippen LogP contribution in [0.3, 0.4) is 0 Å². The standard InChI is InChI=1S/C14H17Cl2NO4/c1-9(14(20)17-5-3-2-4-13(18)19)21-12-7-10(15)6-11(16)8-12/h6-9H,2-5H2,1H3,(H,17,20)(H,18,19). The van der Waals surface area contributed by atoms with Crippen molar-refractivity contribution in [3.05, 3.63) is 28.2 Å². The van der Waals surface area contributed by atoms with E-state index in [0.717, 1.165) is 0 Å². The van der Waals surface area contributed by atoms with Crippen molar-refractivity contribution in [2.75, 3.05) is 6.54 Å². The zero-order valence-electron chi connectivity index (χ0n) is 11.6. The summed E-state index contributed by atoms with van der Waals surface area (Å²) in [5.41, 5.74) is 0. The van der Waals surface area contributed by atoms with Crippen molar-refractivity contribution in [1.82, 2.24) is 5.32 Å². The molecule has 21 heavy (non-hydrogen) atoms. The maximum absolute atomic E-state index is 11.8. The predicted octanol–water partition coefficient (Wildman–Crippen LogP) is 3.13. The third-order valence-electron chi connectivity index (χ3n) is 2.63. The summed E-state index contributed by atoms with van der Waals surface area (Å²) in [7, 11) is 0. The van der Waals surface area contributed by atoms with Gasteiger partial charge < -0.3 is 15.2 Å². The molecule has 1 rings (SSSR count). The van der Waals surface area contributed by atoms with Crippen LogP contribution in [0.1, 0.15) is 26.2 Å². The first-order chi connectivity index (χ1) is 9.88. The molecule has 0 aliphatic heterocycles. The van der Waals surface area contributed by atoms with Gasteiger partial charge in [-0.2, -0.15) is 0 Å². The van der Waals surface area contributed by atoms with E-state index in [0.29, 0.717) is 35.2 Å². The molecule has 2 N–H and O–H groups in total. The zero-order chi connectivity index (χ0) is 15.8. The number of benzene rings is 1. The molecular formula is C14H17Cl2NO4. The normalized spacial score (nSPS) is 11.8. The number of carbonyl (C=O) groups excluding carboxylic acids is 1. The summed E-state index contributed by atoms with van der Waals surface area (Å²) in [6.45, 7) is 2.03. The van der Waals surface area contributed by atoms with E-state index in [-0.39, 0.29) is 12.3 Å². The minimum absolute atomic E-state index is 0.100. The van der Waals surface area contributed by atoms with E-state index in [1.54, 1.807) is 25.1 Å². The second-order valence-corrected chi connectivity index (χ2v) is 5.38. The van der Waals surface area contributed by atoms with Crippen molar-refractivity contribution < 1.29 is 19.4 Å². The maximum atomic E-state index is 11.8. The van der Waals surface area contributed by atoms with Gasteiger partial charge in [0.05, 0.1) is 0 Å². The van der Waals surface area contributed by atoms with Gasteiger partial charge in [0.2, 0.25) is 0 Å². The molecule has 1 unspecified atom stereocenters. The Morgan fingerprint density at radius 2 is 1.86 bits per heavy atom. The molecule has 1 amide bonds.